The lowest BCUT2D eigenvalue weighted by Gasteiger charge is -2.21. The van der Waals surface area contributed by atoms with E-state index in [0.29, 0.717) is 6.07 Å². The molecule has 0 bridgehead atoms. The SMILES string of the molecule is CC(C)(NC(=O)Nc1cc(F)cc([N+](=O)[O-])c1)C(=O)O. The van der Waals surface area contributed by atoms with Gasteiger partial charge in [-0.3, -0.25) is 10.1 Å². The number of benzene rings is 1. The average Bonchev–Trinajstić information content (AvgIpc) is 2.26. The Bertz CT molecular complexity index is 573. The zero-order valence-electron chi connectivity index (χ0n) is 10.6. The molecule has 0 unspecified atom stereocenters. The zero-order valence-corrected chi connectivity index (χ0v) is 10.6. The van der Waals surface area contributed by atoms with E-state index in [1.165, 1.54) is 13.8 Å². The number of nitro groups is 1. The van der Waals surface area contributed by atoms with E-state index in [-0.39, 0.29) is 5.69 Å². The van der Waals surface area contributed by atoms with Crippen LogP contribution in [-0.2, 0) is 4.79 Å². The minimum absolute atomic E-state index is 0.157. The molecule has 0 aliphatic rings. The first-order chi connectivity index (χ1) is 9.11. The molecule has 0 spiro atoms. The number of carbonyl (C=O) groups is 2. The molecule has 0 aromatic heterocycles. The van der Waals surface area contributed by atoms with Crippen LogP contribution in [0.4, 0.5) is 20.6 Å². The summed E-state index contributed by atoms with van der Waals surface area (Å²) >= 11 is 0. The highest BCUT2D eigenvalue weighted by Gasteiger charge is 2.29. The molecular formula is C11H12FN3O5. The van der Waals surface area contributed by atoms with Crippen LogP contribution < -0.4 is 10.6 Å². The summed E-state index contributed by atoms with van der Waals surface area (Å²) in [6.07, 6.45) is 0. The van der Waals surface area contributed by atoms with Crippen molar-refractivity contribution in [2.75, 3.05) is 5.32 Å². The topological polar surface area (TPSA) is 122 Å². The number of carbonyl (C=O) groups excluding carboxylic acids is 1. The van der Waals surface area contributed by atoms with Crippen LogP contribution in [0.2, 0.25) is 0 Å². The van der Waals surface area contributed by atoms with Gasteiger partial charge in [-0.1, -0.05) is 0 Å². The molecule has 1 aromatic carbocycles. The Morgan fingerprint density at radius 3 is 2.45 bits per heavy atom. The molecule has 0 fully saturated rings. The number of hydrogen-bond acceptors (Lipinski definition) is 4. The number of nitro benzene ring substituents is 1. The van der Waals surface area contributed by atoms with E-state index in [1.54, 1.807) is 0 Å². The maximum atomic E-state index is 13.1. The number of amides is 2. The van der Waals surface area contributed by atoms with E-state index >= 15 is 0 Å². The van der Waals surface area contributed by atoms with E-state index < -0.39 is 34.0 Å². The summed E-state index contributed by atoms with van der Waals surface area (Å²) in [7, 11) is 0. The molecule has 3 N–H and O–H groups in total. The normalized spacial score (nSPS) is 10.8. The van der Waals surface area contributed by atoms with E-state index in [2.05, 4.69) is 10.6 Å². The highest BCUT2D eigenvalue weighted by molar-refractivity contribution is 5.93. The second-order valence-electron chi connectivity index (χ2n) is 4.46. The lowest BCUT2D eigenvalue weighted by Crippen LogP contribution is -2.51. The summed E-state index contributed by atoms with van der Waals surface area (Å²) in [4.78, 5) is 32.1. The average molecular weight is 285 g/mol. The second kappa shape index (κ2) is 5.51. The van der Waals surface area contributed by atoms with Crippen LogP contribution in [0.15, 0.2) is 18.2 Å². The van der Waals surface area contributed by atoms with Crippen LogP contribution in [0.1, 0.15) is 13.8 Å². The highest BCUT2D eigenvalue weighted by Crippen LogP contribution is 2.20. The van der Waals surface area contributed by atoms with Crippen molar-refractivity contribution in [1.29, 1.82) is 0 Å². The molecule has 108 valence electrons. The lowest BCUT2D eigenvalue weighted by atomic mass is 10.1. The maximum absolute atomic E-state index is 13.1. The number of anilines is 1. The first-order valence-corrected chi connectivity index (χ1v) is 5.39. The minimum Gasteiger partial charge on any atom is -0.480 e. The number of urea groups is 1. The van der Waals surface area contributed by atoms with Gasteiger partial charge < -0.3 is 15.7 Å². The van der Waals surface area contributed by atoms with Crippen LogP contribution in [0.25, 0.3) is 0 Å². The quantitative estimate of drug-likeness (QED) is 0.574. The molecule has 8 nitrogen and oxygen atoms in total. The Morgan fingerprint density at radius 1 is 1.35 bits per heavy atom. The maximum Gasteiger partial charge on any atom is 0.328 e. The third kappa shape index (κ3) is 3.90. The van der Waals surface area contributed by atoms with Crippen molar-refractivity contribution in [2.45, 2.75) is 19.4 Å². The summed E-state index contributed by atoms with van der Waals surface area (Å²) in [6.45, 7) is 2.51. The first kappa shape index (κ1) is 15.3. The Kier molecular flexibility index (Phi) is 4.23. The number of carboxylic acid groups (broad SMARTS) is 1. The second-order valence-corrected chi connectivity index (χ2v) is 4.46. The molecule has 0 aliphatic carbocycles. The summed E-state index contributed by atoms with van der Waals surface area (Å²) in [5.41, 5.74) is -2.23. The molecule has 0 saturated carbocycles. The van der Waals surface area contributed by atoms with Crippen molar-refractivity contribution in [3.8, 4) is 0 Å². The number of nitrogens with zero attached hydrogens (tertiary/aromatic N) is 1. The van der Waals surface area contributed by atoms with Gasteiger partial charge in [0, 0.05) is 6.07 Å². The molecule has 0 saturated heterocycles. The number of halogens is 1. The van der Waals surface area contributed by atoms with Crippen LogP contribution in [0.5, 0.6) is 0 Å². The molecular weight excluding hydrogens is 273 g/mol. The van der Waals surface area contributed by atoms with Crippen molar-refractivity contribution in [2.24, 2.45) is 0 Å². The van der Waals surface area contributed by atoms with E-state index in [0.717, 1.165) is 12.1 Å². The van der Waals surface area contributed by atoms with Gasteiger partial charge in [-0.25, -0.2) is 14.0 Å². The Labute approximate surface area is 112 Å². The molecule has 20 heavy (non-hydrogen) atoms. The summed E-state index contributed by atoms with van der Waals surface area (Å²) in [6, 6.07) is 1.61. The monoisotopic (exact) mass is 285 g/mol. The summed E-state index contributed by atoms with van der Waals surface area (Å²) in [5, 5.41) is 23.6. The van der Waals surface area contributed by atoms with Crippen LogP contribution in [0, 0.1) is 15.9 Å². The summed E-state index contributed by atoms with van der Waals surface area (Å²) in [5.74, 6) is -2.16. The van der Waals surface area contributed by atoms with Crippen molar-refractivity contribution < 1.29 is 24.0 Å². The van der Waals surface area contributed by atoms with Crippen LogP contribution >= 0.6 is 0 Å². The van der Waals surface area contributed by atoms with Gasteiger partial charge in [0.1, 0.15) is 11.4 Å². The first-order valence-electron chi connectivity index (χ1n) is 5.39. The Hall–Kier alpha value is -2.71. The predicted octanol–water partition coefficient (Wildman–Crippen LogP) is 1.72. The standard InChI is InChI=1S/C11H12FN3O5/c1-11(2,9(16)17)14-10(18)13-7-3-6(12)4-8(5-7)15(19)20/h3-5H,1-2H3,(H,16,17)(H2,13,14,18). The van der Waals surface area contributed by atoms with Gasteiger partial charge in [-0.2, -0.15) is 0 Å². The largest absolute Gasteiger partial charge is 0.480 e. The Morgan fingerprint density at radius 2 is 1.95 bits per heavy atom. The minimum atomic E-state index is -1.54. The molecule has 0 aliphatic heterocycles. The van der Waals surface area contributed by atoms with Gasteiger partial charge in [0.15, 0.2) is 0 Å². The number of carboxylic acids is 1. The molecule has 0 heterocycles. The fraction of sp³-hybridized carbons (Fsp3) is 0.273. The van der Waals surface area contributed by atoms with Crippen molar-refractivity contribution in [3.63, 3.8) is 0 Å². The van der Waals surface area contributed by atoms with Gasteiger partial charge in [0.25, 0.3) is 5.69 Å². The van der Waals surface area contributed by atoms with Crippen molar-refractivity contribution in [3.05, 3.63) is 34.1 Å². The van der Waals surface area contributed by atoms with Gasteiger partial charge in [0.05, 0.1) is 16.7 Å². The van der Waals surface area contributed by atoms with E-state index in [1.807, 2.05) is 0 Å². The molecule has 1 aromatic rings. The third-order valence-corrected chi connectivity index (χ3v) is 2.31. The number of rotatable bonds is 4. The van der Waals surface area contributed by atoms with Gasteiger partial charge >= 0.3 is 12.0 Å². The predicted molar refractivity (Wildman–Crippen MR) is 66.9 cm³/mol. The molecule has 1 rings (SSSR count). The number of aliphatic carboxylic acids is 1. The summed E-state index contributed by atoms with van der Waals surface area (Å²) < 4.78 is 13.1. The third-order valence-electron chi connectivity index (χ3n) is 2.31. The van der Waals surface area contributed by atoms with E-state index in [9.17, 15) is 24.1 Å². The zero-order chi connectivity index (χ0) is 15.5. The smallest absolute Gasteiger partial charge is 0.328 e. The lowest BCUT2D eigenvalue weighted by molar-refractivity contribution is -0.385. The number of non-ortho nitro benzene ring substituents is 1. The van der Waals surface area contributed by atoms with Crippen molar-refractivity contribution in [1.82, 2.24) is 5.32 Å². The van der Waals surface area contributed by atoms with Crippen LogP contribution in [0.3, 0.4) is 0 Å². The molecule has 9 heteroatoms. The number of nitrogens with one attached hydrogen (secondary N) is 2. The fourth-order valence-electron chi connectivity index (χ4n) is 1.25. The van der Waals surface area contributed by atoms with Gasteiger partial charge in [0.2, 0.25) is 0 Å². The van der Waals surface area contributed by atoms with Crippen molar-refractivity contribution >= 4 is 23.4 Å². The van der Waals surface area contributed by atoms with Gasteiger partial charge in [-0.05, 0) is 19.9 Å². The Balaban J connectivity index is 2.86. The molecule has 0 radical (unpaired) electrons. The molecule has 2 amide bonds. The highest BCUT2D eigenvalue weighted by atomic mass is 19.1. The number of hydrogen-bond donors (Lipinski definition) is 3. The van der Waals surface area contributed by atoms with Crippen LogP contribution in [-0.4, -0.2) is 27.6 Å². The van der Waals surface area contributed by atoms with E-state index in [4.69, 9.17) is 5.11 Å². The van der Waals surface area contributed by atoms with Gasteiger partial charge in [-0.15, -0.1) is 0 Å². The fourth-order valence-corrected chi connectivity index (χ4v) is 1.25. The molecule has 0 atom stereocenters.